The van der Waals surface area contributed by atoms with Gasteiger partial charge in [-0.2, -0.15) is 0 Å². The quantitative estimate of drug-likeness (QED) is 0.864. The van der Waals surface area contributed by atoms with Gasteiger partial charge in [0.15, 0.2) is 0 Å². The Morgan fingerprint density at radius 3 is 2.24 bits per heavy atom. The molecule has 0 amide bonds. The van der Waals surface area contributed by atoms with E-state index < -0.39 is 6.10 Å². The first-order chi connectivity index (χ1) is 8.16. The van der Waals surface area contributed by atoms with Crippen LogP contribution in [0.5, 0.6) is 0 Å². The summed E-state index contributed by atoms with van der Waals surface area (Å²) < 4.78 is 26.1. The number of hydrogen-bond donors (Lipinski definition) is 1. The second-order valence-corrected chi connectivity index (χ2v) is 3.86. The monoisotopic (exact) mass is 234 g/mol. The van der Waals surface area contributed by atoms with Crippen molar-refractivity contribution in [3.05, 3.63) is 71.3 Å². The second kappa shape index (κ2) is 5.06. The summed E-state index contributed by atoms with van der Waals surface area (Å²) in [5.74, 6) is -0.694. The van der Waals surface area contributed by atoms with Gasteiger partial charge in [0, 0.05) is 6.42 Å². The average Bonchev–Trinajstić information content (AvgIpc) is 2.33. The summed E-state index contributed by atoms with van der Waals surface area (Å²) in [5, 5.41) is 9.90. The summed E-state index contributed by atoms with van der Waals surface area (Å²) in [6.45, 7) is 0. The topological polar surface area (TPSA) is 20.2 Å². The standard InChI is InChI=1S/C14H12F2O/c15-12-7-5-10(6-8-12)14(17)9-11-3-1-2-4-13(11)16/h1-8,14,17H,9H2. The van der Waals surface area contributed by atoms with Crippen LogP contribution >= 0.6 is 0 Å². The SMILES string of the molecule is OC(Cc1ccccc1F)c1ccc(F)cc1. The lowest BCUT2D eigenvalue weighted by Crippen LogP contribution is -2.03. The van der Waals surface area contributed by atoms with Crippen LogP contribution in [0.4, 0.5) is 8.78 Å². The van der Waals surface area contributed by atoms with Crippen molar-refractivity contribution in [1.29, 1.82) is 0 Å². The van der Waals surface area contributed by atoms with Gasteiger partial charge in [-0.3, -0.25) is 0 Å². The number of hydrogen-bond acceptors (Lipinski definition) is 1. The molecule has 0 heterocycles. The van der Waals surface area contributed by atoms with Crippen LogP contribution in [-0.4, -0.2) is 5.11 Å². The number of aliphatic hydroxyl groups is 1. The lowest BCUT2D eigenvalue weighted by atomic mass is 10.0. The van der Waals surface area contributed by atoms with Gasteiger partial charge in [0.25, 0.3) is 0 Å². The van der Waals surface area contributed by atoms with Crippen LogP contribution in [0.2, 0.25) is 0 Å². The molecular weight excluding hydrogens is 222 g/mol. The van der Waals surface area contributed by atoms with Crippen LogP contribution in [0.25, 0.3) is 0 Å². The molecule has 0 saturated carbocycles. The normalized spacial score (nSPS) is 12.4. The Labute approximate surface area is 98.3 Å². The van der Waals surface area contributed by atoms with Gasteiger partial charge < -0.3 is 5.11 Å². The third-order valence-corrected chi connectivity index (χ3v) is 2.63. The summed E-state index contributed by atoms with van der Waals surface area (Å²) in [4.78, 5) is 0. The minimum Gasteiger partial charge on any atom is -0.388 e. The molecule has 0 aliphatic heterocycles. The van der Waals surface area contributed by atoms with E-state index in [4.69, 9.17) is 0 Å². The lowest BCUT2D eigenvalue weighted by molar-refractivity contribution is 0.177. The molecule has 0 aliphatic carbocycles. The molecule has 1 N–H and O–H groups in total. The maximum absolute atomic E-state index is 13.4. The van der Waals surface area contributed by atoms with Gasteiger partial charge in [-0.15, -0.1) is 0 Å². The fourth-order valence-corrected chi connectivity index (χ4v) is 1.68. The zero-order valence-corrected chi connectivity index (χ0v) is 9.11. The Morgan fingerprint density at radius 1 is 0.941 bits per heavy atom. The smallest absolute Gasteiger partial charge is 0.126 e. The van der Waals surface area contributed by atoms with E-state index in [2.05, 4.69) is 0 Å². The molecule has 3 heteroatoms. The first kappa shape index (κ1) is 11.7. The number of rotatable bonds is 3. The van der Waals surface area contributed by atoms with Gasteiger partial charge in [-0.05, 0) is 29.3 Å². The minimum atomic E-state index is -0.826. The first-order valence-corrected chi connectivity index (χ1v) is 5.34. The second-order valence-electron chi connectivity index (χ2n) is 3.86. The van der Waals surface area contributed by atoms with Gasteiger partial charge in [0.1, 0.15) is 11.6 Å². The predicted molar refractivity (Wildman–Crippen MR) is 61.5 cm³/mol. The molecule has 2 aromatic rings. The Hall–Kier alpha value is -1.74. The summed E-state index contributed by atoms with van der Waals surface area (Å²) in [6, 6.07) is 11.9. The predicted octanol–water partition coefficient (Wildman–Crippen LogP) is 3.24. The molecule has 0 aromatic heterocycles. The summed E-state index contributed by atoms with van der Waals surface area (Å²) in [6.07, 6.45) is -0.648. The van der Waals surface area contributed by atoms with Crippen LogP contribution in [-0.2, 0) is 6.42 Å². The van der Waals surface area contributed by atoms with Crippen LogP contribution in [0.15, 0.2) is 48.5 Å². The minimum absolute atomic E-state index is 0.179. The average molecular weight is 234 g/mol. The van der Waals surface area contributed by atoms with Crippen LogP contribution in [0, 0.1) is 11.6 Å². The molecule has 1 unspecified atom stereocenters. The summed E-state index contributed by atoms with van der Waals surface area (Å²) in [5.41, 5.74) is 1.03. The van der Waals surface area contributed by atoms with Gasteiger partial charge in [0.05, 0.1) is 6.10 Å². The zero-order chi connectivity index (χ0) is 12.3. The first-order valence-electron chi connectivity index (χ1n) is 5.34. The van der Waals surface area contributed by atoms with Crippen LogP contribution in [0.1, 0.15) is 17.2 Å². The molecule has 0 saturated heterocycles. The number of aliphatic hydroxyl groups excluding tert-OH is 1. The van der Waals surface area contributed by atoms with E-state index in [1.54, 1.807) is 18.2 Å². The van der Waals surface area contributed by atoms with E-state index >= 15 is 0 Å². The van der Waals surface area contributed by atoms with E-state index in [1.807, 2.05) is 0 Å². The fraction of sp³-hybridized carbons (Fsp3) is 0.143. The molecule has 1 atom stereocenters. The highest BCUT2D eigenvalue weighted by Gasteiger charge is 2.11. The summed E-state index contributed by atoms with van der Waals surface area (Å²) >= 11 is 0. The van der Waals surface area contributed by atoms with Gasteiger partial charge in [-0.25, -0.2) is 8.78 Å². The van der Waals surface area contributed by atoms with Gasteiger partial charge in [0.2, 0.25) is 0 Å². The van der Waals surface area contributed by atoms with Gasteiger partial charge in [-0.1, -0.05) is 30.3 Å². The maximum atomic E-state index is 13.4. The van der Waals surface area contributed by atoms with Crippen molar-refractivity contribution >= 4 is 0 Å². The number of benzene rings is 2. The van der Waals surface area contributed by atoms with Gasteiger partial charge >= 0.3 is 0 Å². The molecule has 0 aliphatic rings. The van der Waals surface area contributed by atoms with Crippen molar-refractivity contribution in [2.24, 2.45) is 0 Å². The molecule has 2 rings (SSSR count). The summed E-state index contributed by atoms with van der Waals surface area (Å²) in [7, 11) is 0. The highest BCUT2D eigenvalue weighted by atomic mass is 19.1. The highest BCUT2D eigenvalue weighted by molar-refractivity contribution is 5.23. The van der Waals surface area contributed by atoms with E-state index in [1.165, 1.54) is 30.3 Å². The van der Waals surface area contributed by atoms with E-state index in [0.29, 0.717) is 11.1 Å². The van der Waals surface area contributed by atoms with Crippen LogP contribution < -0.4 is 0 Å². The molecule has 0 fully saturated rings. The zero-order valence-electron chi connectivity index (χ0n) is 9.11. The molecule has 1 nitrogen and oxygen atoms in total. The highest BCUT2D eigenvalue weighted by Crippen LogP contribution is 2.20. The van der Waals surface area contributed by atoms with E-state index in [9.17, 15) is 13.9 Å². The van der Waals surface area contributed by atoms with Crippen molar-refractivity contribution < 1.29 is 13.9 Å². The van der Waals surface area contributed by atoms with Crippen molar-refractivity contribution in [3.8, 4) is 0 Å². The van der Waals surface area contributed by atoms with E-state index in [0.717, 1.165) is 0 Å². The maximum Gasteiger partial charge on any atom is 0.126 e. The Morgan fingerprint density at radius 2 is 1.59 bits per heavy atom. The molecule has 0 spiro atoms. The van der Waals surface area contributed by atoms with Crippen molar-refractivity contribution in [2.45, 2.75) is 12.5 Å². The molecule has 0 bridgehead atoms. The van der Waals surface area contributed by atoms with Crippen molar-refractivity contribution in [3.63, 3.8) is 0 Å². The molecule has 17 heavy (non-hydrogen) atoms. The molecule has 0 radical (unpaired) electrons. The number of halogens is 2. The molecule has 88 valence electrons. The Balaban J connectivity index is 2.14. The molecular formula is C14H12F2O. The third-order valence-electron chi connectivity index (χ3n) is 2.63. The van der Waals surface area contributed by atoms with Crippen molar-refractivity contribution in [2.75, 3.05) is 0 Å². The Bertz CT molecular complexity index is 494. The van der Waals surface area contributed by atoms with Crippen molar-refractivity contribution in [1.82, 2.24) is 0 Å². The third kappa shape index (κ3) is 2.88. The fourth-order valence-electron chi connectivity index (χ4n) is 1.68. The largest absolute Gasteiger partial charge is 0.388 e. The van der Waals surface area contributed by atoms with Crippen LogP contribution in [0.3, 0.4) is 0 Å². The Kier molecular flexibility index (Phi) is 3.49. The molecule has 2 aromatic carbocycles. The van der Waals surface area contributed by atoms with E-state index in [-0.39, 0.29) is 18.1 Å². The lowest BCUT2D eigenvalue weighted by Gasteiger charge is -2.11.